The topological polar surface area (TPSA) is 175 Å². The number of aliphatic hydroxyl groups is 2. The van der Waals surface area contributed by atoms with Crippen LogP contribution < -0.4 is 0 Å². The molecule has 6 atom stereocenters. The van der Waals surface area contributed by atoms with E-state index in [1.807, 2.05) is 12.2 Å². The van der Waals surface area contributed by atoms with Crippen LogP contribution in [0, 0.1) is 0 Å². The van der Waals surface area contributed by atoms with Gasteiger partial charge in [0.25, 0.3) is 0 Å². The van der Waals surface area contributed by atoms with Gasteiger partial charge in [-0.15, -0.1) is 0 Å². The van der Waals surface area contributed by atoms with E-state index >= 15 is 0 Å². The third-order valence-electron chi connectivity index (χ3n) is 12.7. The number of aliphatic carboxylic acids is 1. The highest BCUT2D eigenvalue weighted by Crippen LogP contribution is 2.26. The van der Waals surface area contributed by atoms with Crippen molar-refractivity contribution < 1.29 is 58.2 Å². The van der Waals surface area contributed by atoms with Gasteiger partial charge in [-0.2, -0.15) is 0 Å². The minimum atomic E-state index is -1.93. The molecular weight excluding hydrogens is 997 g/mol. The lowest BCUT2D eigenvalue weighted by Crippen LogP contribution is -2.61. The second kappa shape index (κ2) is 53.5. The van der Waals surface area contributed by atoms with E-state index in [1.165, 1.54) is 19.3 Å². The van der Waals surface area contributed by atoms with Crippen LogP contribution in [0.15, 0.2) is 134 Å². The molecule has 0 bridgehead atoms. The van der Waals surface area contributed by atoms with Gasteiger partial charge in [-0.25, -0.2) is 4.79 Å². The molecule has 79 heavy (non-hydrogen) atoms. The van der Waals surface area contributed by atoms with Gasteiger partial charge in [0.1, 0.15) is 18.8 Å². The van der Waals surface area contributed by atoms with E-state index in [-0.39, 0.29) is 25.9 Å². The summed E-state index contributed by atoms with van der Waals surface area (Å²) in [5.74, 6) is -3.29. The summed E-state index contributed by atoms with van der Waals surface area (Å²) in [7, 11) is 0. The maximum atomic E-state index is 13.2. The SMILES string of the molecule is CC/C=C\C/C=C\C/C=C\C/C=C\C/C=C\C/C=C\CCC(=O)OCC(COC1OC(C(=O)O)C(O)C(O)C1OC(=O)CCCCCCC/C=C\C/C=C\C/C=C\CC)OC(=O)CCCCCCC/C=C\C/C=C\CCCCC. The molecule has 0 spiro atoms. The first-order chi connectivity index (χ1) is 38.6. The second-order valence-corrected chi connectivity index (χ2v) is 19.9. The lowest BCUT2D eigenvalue weighted by molar-refractivity contribution is -0.301. The molecule has 0 aromatic carbocycles. The summed E-state index contributed by atoms with van der Waals surface area (Å²) in [6.07, 6.45) is 62.8. The Balaban J connectivity index is 2.76. The Bertz CT molecular complexity index is 1880. The van der Waals surface area contributed by atoms with Crippen molar-refractivity contribution in [2.45, 2.75) is 250 Å². The van der Waals surface area contributed by atoms with Crippen LogP contribution in [0.2, 0.25) is 0 Å². The van der Waals surface area contributed by atoms with Crippen molar-refractivity contribution in [3.05, 3.63) is 134 Å². The summed E-state index contributed by atoms with van der Waals surface area (Å²) in [5, 5.41) is 31.5. The largest absolute Gasteiger partial charge is 0.479 e. The molecule has 1 saturated heterocycles. The van der Waals surface area contributed by atoms with Crippen molar-refractivity contribution in [2.75, 3.05) is 13.2 Å². The number of carbonyl (C=O) groups is 4. The van der Waals surface area contributed by atoms with Gasteiger partial charge >= 0.3 is 23.9 Å². The summed E-state index contributed by atoms with van der Waals surface area (Å²) in [6.45, 7) is 5.64. The quantitative estimate of drug-likeness (QED) is 0.0228. The lowest BCUT2D eigenvalue weighted by atomic mass is 9.98. The zero-order chi connectivity index (χ0) is 57.5. The molecule has 1 aliphatic rings. The predicted molar refractivity (Wildman–Crippen MR) is 321 cm³/mol. The van der Waals surface area contributed by atoms with E-state index in [0.29, 0.717) is 19.3 Å². The smallest absolute Gasteiger partial charge is 0.335 e. The number of carbonyl (C=O) groups excluding carboxylic acids is 3. The van der Waals surface area contributed by atoms with Crippen LogP contribution in [0.5, 0.6) is 0 Å². The van der Waals surface area contributed by atoms with Gasteiger partial charge in [0.2, 0.25) is 0 Å². The molecule has 1 fully saturated rings. The third kappa shape index (κ3) is 43.4. The highest BCUT2D eigenvalue weighted by atomic mass is 16.7. The van der Waals surface area contributed by atoms with Gasteiger partial charge in [0, 0.05) is 19.3 Å². The number of allylic oxidation sites excluding steroid dienone is 22. The molecule has 444 valence electrons. The number of unbranched alkanes of at least 4 members (excludes halogenated alkanes) is 13. The van der Waals surface area contributed by atoms with Crippen molar-refractivity contribution >= 4 is 23.9 Å². The van der Waals surface area contributed by atoms with Gasteiger partial charge in [-0.3, -0.25) is 14.4 Å². The Morgan fingerprint density at radius 2 is 0.823 bits per heavy atom. The highest BCUT2D eigenvalue weighted by Gasteiger charge is 2.50. The van der Waals surface area contributed by atoms with Crippen LogP contribution in [0.25, 0.3) is 0 Å². The average Bonchev–Trinajstić information content (AvgIpc) is 3.46. The van der Waals surface area contributed by atoms with Crippen LogP contribution >= 0.6 is 0 Å². The predicted octanol–water partition coefficient (Wildman–Crippen LogP) is 15.8. The first-order valence-corrected chi connectivity index (χ1v) is 30.2. The van der Waals surface area contributed by atoms with E-state index in [9.17, 15) is 34.5 Å². The number of hydrogen-bond donors (Lipinski definition) is 3. The highest BCUT2D eigenvalue weighted by molar-refractivity contribution is 5.74. The van der Waals surface area contributed by atoms with Crippen LogP contribution in [-0.4, -0.2) is 89.2 Å². The maximum absolute atomic E-state index is 13.2. The van der Waals surface area contributed by atoms with E-state index in [2.05, 4.69) is 142 Å². The summed E-state index contributed by atoms with van der Waals surface area (Å²) in [6, 6.07) is 0. The normalized spacial score (nSPS) is 18.8. The Morgan fingerprint density at radius 1 is 0.430 bits per heavy atom. The molecule has 3 N–H and O–H groups in total. The number of esters is 3. The molecule has 0 saturated carbocycles. The molecule has 1 heterocycles. The number of carboxylic acids is 1. The summed E-state index contributed by atoms with van der Waals surface area (Å²) in [4.78, 5) is 51.2. The van der Waals surface area contributed by atoms with Gasteiger partial charge in [-0.1, -0.05) is 206 Å². The maximum Gasteiger partial charge on any atom is 0.335 e. The van der Waals surface area contributed by atoms with E-state index in [4.69, 9.17) is 23.7 Å². The number of carboxylic acid groups (broad SMARTS) is 1. The molecule has 0 amide bonds. The molecule has 0 aliphatic carbocycles. The Hall–Kier alpha value is -5.14. The average molecular weight is 1100 g/mol. The fourth-order valence-corrected chi connectivity index (χ4v) is 8.14. The molecule has 6 unspecified atom stereocenters. The van der Waals surface area contributed by atoms with Crippen molar-refractivity contribution in [2.24, 2.45) is 0 Å². The van der Waals surface area contributed by atoms with Gasteiger partial charge in [-0.05, 0) is 122 Å². The van der Waals surface area contributed by atoms with Gasteiger partial charge in [0.15, 0.2) is 24.6 Å². The lowest BCUT2D eigenvalue weighted by Gasteiger charge is -2.40. The number of hydrogen-bond acceptors (Lipinski definition) is 11. The fourth-order valence-electron chi connectivity index (χ4n) is 8.14. The molecular formula is C67H104O12. The number of ether oxygens (including phenoxy) is 5. The van der Waals surface area contributed by atoms with Crippen molar-refractivity contribution in [3.63, 3.8) is 0 Å². The standard InChI is InChI=1S/C67H104O12/c1-4-7-10-13-16-19-22-25-28-29-30-31-34-35-38-41-44-47-50-53-59(68)75-56-58(77-60(69)54-51-48-45-42-39-36-32-26-23-20-17-14-11-8-5-2)57-76-67-65(63(72)62(71)64(79-67)66(73)74)78-61(70)55-52-49-46-43-40-37-33-27-24-21-18-15-12-9-6-3/h7,9-10,12,16-21,25-28,30-33,35,38,44,47,58,62-65,67,71-72H,4-6,8,11,13-15,22-24,29,34,36-37,39-43,45-46,48-57H2,1-3H3,(H,73,74)/b10-7-,12-9-,19-16-,20-17-,21-18-,28-25-,31-30-,32-26-,33-27-,38-35-,47-44-. The Morgan fingerprint density at radius 3 is 1.27 bits per heavy atom. The molecule has 0 aromatic heterocycles. The Kier molecular flexibility index (Phi) is 48.7. The molecule has 0 radical (unpaired) electrons. The van der Waals surface area contributed by atoms with E-state index in [1.54, 1.807) is 0 Å². The Labute approximate surface area is 477 Å². The number of aliphatic hydroxyl groups excluding tert-OH is 2. The first kappa shape index (κ1) is 71.9. The van der Waals surface area contributed by atoms with Gasteiger partial charge < -0.3 is 39.0 Å². The van der Waals surface area contributed by atoms with Gasteiger partial charge in [0.05, 0.1) is 6.61 Å². The van der Waals surface area contributed by atoms with Crippen LogP contribution in [-0.2, 0) is 42.9 Å². The summed E-state index contributed by atoms with van der Waals surface area (Å²) >= 11 is 0. The zero-order valence-corrected chi connectivity index (χ0v) is 48.8. The molecule has 1 aliphatic heterocycles. The van der Waals surface area contributed by atoms with E-state index in [0.717, 1.165) is 135 Å². The van der Waals surface area contributed by atoms with Crippen molar-refractivity contribution in [1.29, 1.82) is 0 Å². The van der Waals surface area contributed by atoms with Crippen LogP contribution in [0.4, 0.5) is 0 Å². The molecule has 0 aromatic rings. The zero-order valence-electron chi connectivity index (χ0n) is 48.8. The monoisotopic (exact) mass is 1100 g/mol. The molecule has 12 heteroatoms. The van der Waals surface area contributed by atoms with Crippen molar-refractivity contribution in [3.8, 4) is 0 Å². The van der Waals surface area contributed by atoms with E-state index < -0.39 is 67.3 Å². The minimum Gasteiger partial charge on any atom is -0.479 e. The minimum absolute atomic E-state index is 0.0248. The summed E-state index contributed by atoms with van der Waals surface area (Å²) in [5.41, 5.74) is 0. The molecule has 12 nitrogen and oxygen atoms in total. The van der Waals surface area contributed by atoms with Crippen LogP contribution in [0.3, 0.4) is 0 Å². The number of rotatable bonds is 49. The second-order valence-electron chi connectivity index (χ2n) is 19.9. The fraction of sp³-hybridized carbons (Fsp3) is 0.612. The third-order valence-corrected chi connectivity index (χ3v) is 12.7. The van der Waals surface area contributed by atoms with Crippen molar-refractivity contribution in [1.82, 2.24) is 0 Å². The summed E-state index contributed by atoms with van der Waals surface area (Å²) < 4.78 is 28.3. The first-order valence-electron chi connectivity index (χ1n) is 30.2. The molecule has 1 rings (SSSR count). The van der Waals surface area contributed by atoms with Crippen LogP contribution in [0.1, 0.15) is 213 Å².